The maximum absolute atomic E-state index is 15.2. The molecule has 1 aromatic carbocycles. The lowest BCUT2D eigenvalue weighted by Crippen LogP contribution is -2.39. The molecular formula is C24H23F3N4O3. The molecule has 7 nitrogen and oxygen atoms in total. The fourth-order valence-electron chi connectivity index (χ4n) is 5.39. The second kappa shape index (κ2) is 8.03. The Kier molecular flexibility index (Phi) is 5.26. The first-order valence-electron chi connectivity index (χ1n) is 11.2. The number of benzene rings is 1. The molecule has 1 aliphatic heterocycles. The van der Waals surface area contributed by atoms with Crippen molar-refractivity contribution in [3.05, 3.63) is 57.6 Å². The van der Waals surface area contributed by atoms with Crippen molar-refractivity contribution in [1.29, 1.82) is 0 Å². The number of carboxylic acid groups (broad SMARTS) is 1. The molecule has 3 aromatic rings. The van der Waals surface area contributed by atoms with Gasteiger partial charge < -0.3 is 15.7 Å². The van der Waals surface area contributed by atoms with Crippen molar-refractivity contribution in [3.8, 4) is 5.82 Å². The van der Waals surface area contributed by atoms with Crippen LogP contribution >= 0.6 is 0 Å². The van der Waals surface area contributed by atoms with E-state index in [2.05, 4.69) is 4.98 Å². The van der Waals surface area contributed by atoms with Crippen LogP contribution in [0, 0.1) is 22.9 Å². The van der Waals surface area contributed by atoms with Gasteiger partial charge in [0.25, 0.3) is 0 Å². The van der Waals surface area contributed by atoms with Crippen molar-refractivity contribution in [2.24, 2.45) is 5.41 Å². The van der Waals surface area contributed by atoms with Crippen molar-refractivity contribution >= 4 is 28.4 Å². The first kappa shape index (κ1) is 22.2. The summed E-state index contributed by atoms with van der Waals surface area (Å²) in [6, 6.07) is 2.89. The maximum atomic E-state index is 15.2. The van der Waals surface area contributed by atoms with Gasteiger partial charge in [-0.25, -0.2) is 22.9 Å². The van der Waals surface area contributed by atoms with Crippen LogP contribution in [0.4, 0.5) is 24.7 Å². The summed E-state index contributed by atoms with van der Waals surface area (Å²) in [7, 11) is 0. The van der Waals surface area contributed by atoms with E-state index in [1.165, 1.54) is 31.7 Å². The highest BCUT2D eigenvalue weighted by molar-refractivity contribution is 5.94. The number of hydrogen-bond acceptors (Lipinski definition) is 5. The van der Waals surface area contributed by atoms with Gasteiger partial charge >= 0.3 is 5.97 Å². The normalized spacial score (nSPS) is 17.6. The van der Waals surface area contributed by atoms with Crippen LogP contribution in [-0.4, -0.2) is 33.7 Å². The first-order chi connectivity index (χ1) is 16.2. The van der Waals surface area contributed by atoms with E-state index in [-0.39, 0.29) is 16.6 Å². The smallest absolute Gasteiger partial charge is 0.341 e. The molecule has 0 amide bonds. The molecule has 3 heterocycles. The predicted octanol–water partition coefficient (Wildman–Crippen LogP) is 4.24. The molecule has 0 unspecified atom stereocenters. The number of fused-ring (bicyclic) bond motifs is 1. The number of hydrogen-bond donors (Lipinski definition) is 2. The number of aromatic carboxylic acids is 1. The Morgan fingerprint density at radius 1 is 1.00 bits per heavy atom. The average molecular weight is 472 g/mol. The van der Waals surface area contributed by atoms with Gasteiger partial charge in [-0.05, 0) is 43.2 Å². The summed E-state index contributed by atoms with van der Waals surface area (Å²) in [5.74, 6) is -5.52. The van der Waals surface area contributed by atoms with Crippen LogP contribution in [0.2, 0.25) is 0 Å². The SMILES string of the molecule is Nc1nc(-n2cc(C(=O)O)c(=O)c3cc(F)c(N4CCC5(CCCC5)CC4)cc32)c(F)cc1F. The number of nitrogen functional groups attached to an aromatic ring is 1. The van der Waals surface area contributed by atoms with E-state index in [1.807, 2.05) is 4.90 Å². The molecule has 10 heteroatoms. The predicted molar refractivity (Wildman–Crippen MR) is 121 cm³/mol. The second-order valence-corrected chi connectivity index (χ2v) is 9.22. The highest BCUT2D eigenvalue weighted by Crippen LogP contribution is 2.47. The van der Waals surface area contributed by atoms with Crippen LogP contribution < -0.4 is 16.1 Å². The zero-order valence-electron chi connectivity index (χ0n) is 18.3. The van der Waals surface area contributed by atoms with E-state index < -0.39 is 46.0 Å². The van der Waals surface area contributed by atoms with Gasteiger partial charge in [-0.3, -0.25) is 9.36 Å². The third-order valence-electron chi connectivity index (χ3n) is 7.30. The Morgan fingerprint density at radius 2 is 1.68 bits per heavy atom. The molecule has 1 aliphatic carbocycles. The summed E-state index contributed by atoms with van der Waals surface area (Å²) in [4.78, 5) is 30.1. The van der Waals surface area contributed by atoms with Gasteiger partial charge in [-0.15, -0.1) is 0 Å². The fraction of sp³-hybridized carbons (Fsp3) is 0.375. The van der Waals surface area contributed by atoms with Crippen molar-refractivity contribution in [2.75, 3.05) is 23.7 Å². The lowest BCUT2D eigenvalue weighted by Gasteiger charge is -2.40. The molecule has 2 aromatic heterocycles. The maximum Gasteiger partial charge on any atom is 0.341 e. The van der Waals surface area contributed by atoms with Crippen LogP contribution in [0.5, 0.6) is 0 Å². The number of carbonyl (C=O) groups is 1. The molecule has 1 saturated carbocycles. The van der Waals surface area contributed by atoms with Crippen LogP contribution in [0.25, 0.3) is 16.7 Å². The van der Waals surface area contributed by atoms with Crippen molar-refractivity contribution in [2.45, 2.75) is 38.5 Å². The third-order valence-corrected chi connectivity index (χ3v) is 7.30. The van der Waals surface area contributed by atoms with Gasteiger partial charge in [-0.1, -0.05) is 12.8 Å². The Bertz CT molecular complexity index is 1370. The Balaban J connectivity index is 1.68. The number of piperidine rings is 1. The van der Waals surface area contributed by atoms with Crippen LogP contribution in [-0.2, 0) is 0 Å². The molecule has 34 heavy (non-hydrogen) atoms. The number of rotatable bonds is 3. The van der Waals surface area contributed by atoms with E-state index in [4.69, 9.17) is 5.73 Å². The van der Waals surface area contributed by atoms with E-state index in [9.17, 15) is 23.5 Å². The van der Waals surface area contributed by atoms with Crippen LogP contribution in [0.1, 0.15) is 48.9 Å². The Morgan fingerprint density at radius 3 is 2.32 bits per heavy atom. The van der Waals surface area contributed by atoms with Gasteiger partial charge in [-0.2, -0.15) is 0 Å². The largest absolute Gasteiger partial charge is 0.477 e. The lowest BCUT2D eigenvalue weighted by atomic mass is 9.77. The molecule has 0 atom stereocenters. The summed E-state index contributed by atoms with van der Waals surface area (Å²) in [6.07, 6.45) is 7.54. The molecule has 2 fully saturated rings. The lowest BCUT2D eigenvalue weighted by molar-refractivity contribution is 0.0695. The molecule has 0 bridgehead atoms. The number of nitrogens with zero attached hydrogens (tertiary/aromatic N) is 3. The van der Waals surface area contributed by atoms with Crippen molar-refractivity contribution < 1.29 is 23.1 Å². The van der Waals surface area contributed by atoms with Crippen LogP contribution in [0.15, 0.2) is 29.2 Å². The quantitative estimate of drug-likeness (QED) is 0.591. The minimum absolute atomic E-state index is 0.0463. The van der Waals surface area contributed by atoms with Gasteiger partial charge in [0.15, 0.2) is 23.3 Å². The minimum Gasteiger partial charge on any atom is -0.477 e. The van der Waals surface area contributed by atoms with Crippen molar-refractivity contribution in [3.63, 3.8) is 0 Å². The summed E-state index contributed by atoms with van der Waals surface area (Å²) in [5, 5.41) is 9.22. The molecule has 5 rings (SSSR count). The van der Waals surface area contributed by atoms with Gasteiger partial charge in [0.05, 0.1) is 16.6 Å². The monoisotopic (exact) mass is 472 g/mol. The number of aromatic nitrogens is 2. The van der Waals surface area contributed by atoms with E-state index in [0.29, 0.717) is 24.6 Å². The second-order valence-electron chi connectivity index (χ2n) is 9.22. The number of nitrogens with two attached hydrogens (primary N) is 1. The molecular weight excluding hydrogens is 449 g/mol. The number of anilines is 2. The number of carboxylic acids is 1. The Labute approximate surface area is 192 Å². The molecule has 2 aliphatic rings. The molecule has 3 N–H and O–H groups in total. The molecule has 178 valence electrons. The van der Waals surface area contributed by atoms with E-state index in [0.717, 1.165) is 29.7 Å². The number of pyridine rings is 2. The summed E-state index contributed by atoms with van der Waals surface area (Å²) in [5.41, 5.74) is 4.48. The highest BCUT2D eigenvalue weighted by Gasteiger charge is 2.37. The fourth-order valence-corrected chi connectivity index (χ4v) is 5.39. The first-order valence-corrected chi connectivity index (χ1v) is 11.2. The summed E-state index contributed by atoms with van der Waals surface area (Å²) >= 11 is 0. The van der Waals surface area contributed by atoms with Gasteiger partial charge in [0.2, 0.25) is 5.43 Å². The molecule has 0 radical (unpaired) electrons. The summed E-state index contributed by atoms with van der Waals surface area (Å²) in [6.45, 7) is 1.27. The molecule has 1 spiro atoms. The summed E-state index contributed by atoms with van der Waals surface area (Å²) < 4.78 is 44.6. The average Bonchev–Trinajstić information content (AvgIpc) is 3.25. The van der Waals surface area contributed by atoms with Gasteiger partial charge in [0, 0.05) is 25.4 Å². The Hall–Kier alpha value is -3.56. The third kappa shape index (κ3) is 3.57. The van der Waals surface area contributed by atoms with E-state index >= 15 is 4.39 Å². The van der Waals surface area contributed by atoms with Crippen LogP contribution in [0.3, 0.4) is 0 Å². The minimum atomic E-state index is -1.57. The van der Waals surface area contributed by atoms with E-state index in [1.54, 1.807) is 0 Å². The standard InChI is InChI=1S/C24H23F3N4O3/c25-15-9-13-18(11-19(15)30-7-5-24(6-8-30)3-1-2-4-24)31(12-14(20(13)32)23(33)34)22-17(27)10-16(26)21(28)29-22/h9-12H,1-8H2,(H2,28,29)(H,33,34). The zero-order chi connectivity index (χ0) is 24.2. The number of halogens is 3. The zero-order valence-corrected chi connectivity index (χ0v) is 18.3. The topological polar surface area (TPSA) is 101 Å². The van der Waals surface area contributed by atoms with Gasteiger partial charge in [0.1, 0.15) is 11.4 Å². The molecule has 1 saturated heterocycles. The highest BCUT2D eigenvalue weighted by atomic mass is 19.1. The van der Waals surface area contributed by atoms with Crippen molar-refractivity contribution in [1.82, 2.24) is 9.55 Å².